The van der Waals surface area contributed by atoms with Gasteiger partial charge in [0.2, 0.25) is 0 Å². The number of hydrogen-bond donors (Lipinski definition) is 1. The molecule has 0 saturated carbocycles. The van der Waals surface area contributed by atoms with Crippen molar-refractivity contribution in [3.05, 3.63) is 28.1 Å². The molecule has 0 bridgehead atoms. The number of amides is 1. The maximum Gasteiger partial charge on any atom is 0.287 e. The summed E-state index contributed by atoms with van der Waals surface area (Å²) >= 11 is 3.41. The first kappa shape index (κ1) is 15.6. The number of aromatic nitrogens is 1. The zero-order valence-electron chi connectivity index (χ0n) is 10.8. The summed E-state index contributed by atoms with van der Waals surface area (Å²) in [5.41, 5.74) is 0.176. The number of methoxy groups -OCH3 is 1. The van der Waals surface area contributed by atoms with E-state index in [2.05, 4.69) is 21.2 Å². The smallest absolute Gasteiger partial charge is 0.287 e. The SMILES string of the molecule is COCC(Br)CCNC(=O)c1cc([N+](=O)[O-])cn1C. The lowest BCUT2D eigenvalue weighted by atomic mass is 10.3. The third-order valence-electron chi connectivity index (χ3n) is 2.52. The molecule has 0 aliphatic rings. The highest BCUT2D eigenvalue weighted by Gasteiger charge is 2.17. The molecule has 0 fully saturated rings. The molecule has 0 aliphatic heterocycles. The number of aryl methyl sites for hydroxylation is 1. The van der Waals surface area contributed by atoms with Crippen LogP contribution < -0.4 is 5.32 Å². The fraction of sp³-hybridized carbons (Fsp3) is 0.545. The Hall–Kier alpha value is -1.41. The lowest BCUT2D eigenvalue weighted by Gasteiger charge is -2.09. The molecule has 1 rings (SSSR count). The van der Waals surface area contributed by atoms with Crippen molar-refractivity contribution >= 4 is 27.5 Å². The van der Waals surface area contributed by atoms with Gasteiger partial charge in [-0.3, -0.25) is 14.9 Å². The minimum Gasteiger partial charge on any atom is -0.384 e. The van der Waals surface area contributed by atoms with Gasteiger partial charge in [0.05, 0.1) is 17.7 Å². The number of carbonyl (C=O) groups excluding carboxylic acids is 1. The van der Waals surface area contributed by atoms with Crippen LogP contribution in [-0.4, -0.2) is 40.5 Å². The molecule has 8 heteroatoms. The van der Waals surface area contributed by atoms with E-state index in [1.807, 2.05) is 0 Å². The van der Waals surface area contributed by atoms with Crippen LogP contribution in [0.1, 0.15) is 16.9 Å². The number of nitro groups is 1. The van der Waals surface area contributed by atoms with Gasteiger partial charge in [-0.15, -0.1) is 0 Å². The van der Waals surface area contributed by atoms with E-state index in [1.54, 1.807) is 14.2 Å². The van der Waals surface area contributed by atoms with Crippen molar-refractivity contribution in [3.8, 4) is 0 Å². The molecule has 7 nitrogen and oxygen atoms in total. The van der Waals surface area contributed by atoms with Gasteiger partial charge in [0.25, 0.3) is 11.6 Å². The molecule has 0 radical (unpaired) electrons. The Labute approximate surface area is 119 Å². The van der Waals surface area contributed by atoms with Gasteiger partial charge < -0.3 is 14.6 Å². The van der Waals surface area contributed by atoms with Crippen molar-refractivity contribution < 1.29 is 14.5 Å². The van der Waals surface area contributed by atoms with Gasteiger partial charge in [0, 0.05) is 31.6 Å². The van der Waals surface area contributed by atoms with Crippen molar-refractivity contribution in [2.45, 2.75) is 11.2 Å². The monoisotopic (exact) mass is 333 g/mol. The molecule has 0 aromatic carbocycles. The molecule has 0 saturated heterocycles. The number of rotatable bonds is 7. The summed E-state index contributed by atoms with van der Waals surface area (Å²) in [4.78, 5) is 22.1. The van der Waals surface area contributed by atoms with Crippen molar-refractivity contribution in [2.75, 3.05) is 20.3 Å². The molecular formula is C11H16BrN3O4. The fourth-order valence-corrected chi connectivity index (χ4v) is 2.06. The van der Waals surface area contributed by atoms with Crippen LogP contribution in [0.15, 0.2) is 12.3 Å². The van der Waals surface area contributed by atoms with E-state index in [0.717, 1.165) is 0 Å². The number of alkyl halides is 1. The first-order chi connectivity index (χ1) is 8.95. The normalized spacial score (nSPS) is 12.2. The fourth-order valence-electron chi connectivity index (χ4n) is 1.57. The Kier molecular flexibility index (Phi) is 5.97. The Balaban J connectivity index is 2.52. The first-order valence-corrected chi connectivity index (χ1v) is 6.59. The topological polar surface area (TPSA) is 86.4 Å². The number of nitrogens with zero attached hydrogens (tertiary/aromatic N) is 2. The van der Waals surface area contributed by atoms with Gasteiger partial charge in [-0.05, 0) is 6.42 Å². The Morgan fingerprint density at radius 2 is 2.37 bits per heavy atom. The van der Waals surface area contributed by atoms with E-state index >= 15 is 0 Å². The van der Waals surface area contributed by atoms with Crippen LogP contribution in [0.25, 0.3) is 0 Å². The molecule has 19 heavy (non-hydrogen) atoms. The highest BCUT2D eigenvalue weighted by Crippen LogP contribution is 2.15. The molecular weight excluding hydrogens is 318 g/mol. The highest BCUT2D eigenvalue weighted by molar-refractivity contribution is 9.09. The van der Waals surface area contributed by atoms with Crippen molar-refractivity contribution in [1.29, 1.82) is 0 Å². The summed E-state index contributed by atoms with van der Waals surface area (Å²) in [6.45, 7) is 1.03. The second-order valence-corrected chi connectivity index (χ2v) is 5.34. The number of carbonyl (C=O) groups is 1. The largest absolute Gasteiger partial charge is 0.384 e. The van der Waals surface area contributed by atoms with Crippen LogP contribution in [-0.2, 0) is 11.8 Å². The van der Waals surface area contributed by atoms with E-state index in [-0.39, 0.29) is 22.1 Å². The molecule has 1 aromatic heterocycles. The van der Waals surface area contributed by atoms with Gasteiger partial charge in [-0.1, -0.05) is 15.9 Å². The predicted octanol–water partition coefficient (Wildman–Crippen LogP) is 1.46. The third-order valence-corrected chi connectivity index (χ3v) is 3.25. The van der Waals surface area contributed by atoms with Crippen molar-refractivity contribution in [1.82, 2.24) is 9.88 Å². The molecule has 106 valence electrons. The maximum atomic E-state index is 11.8. The Morgan fingerprint density at radius 3 is 2.89 bits per heavy atom. The van der Waals surface area contributed by atoms with Crippen LogP contribution in [0, 0.1) is 10.1 Å². The second kappa shape index (κ2) is 7.25. The quantitative estimate of drug-likeness (QED) is 0.465. The molecule has 1 aromatic rings. The zero-order chi connectivity index (χ0) is 14.4. The summed E-state index contributed by atoms with van der Waals surface area (Å²) in [6, 6.07) is 1.26. The summed E-state index contributed by atoms with van der Waals surface area (Å²) in [5, 5.41) is 13.3. The van der Waals surface area contributed by atoms with Gasteiger partial charge in [-0.25, -0.2) is 0 Å². The Bertz CT molecular complexity index is 461. The van der Waals surface area contributed by atoms with E-state index in [9.17, 15) is 14.9 Å². The molecule has 0 aliphatic carbocycles. The van der Waals surface area contributed by atoms with Crippen LogP contribution in [0.2, 0.25) is 0 Å². The zero-order valence-corrected chi connectivity index (χ0v) is 12.3. The molecule has 1 unspecified atom stereocenters. The number of halogens is 1. The number of nitrogens with one attached hydrogen (secondary N) is 1. The van der Waals surface area contributed by atoms with E-state index in [0.29, 0.717) is 19.6 Å². The van der Waals surface area contributed by atoms with Crippen molar-refractivity contribution in [2.24, 2.45) is 7.05 Å². The van der Waals surface area contributed by atoms with Gasteiger partial charge >= 0.3 is 0 Å². The summed E-state index contributed by atoms with van der Waals surface area (Å²) in [7, 11) is 3.20. The van der Waals surface area contributed by atoms with Crippen molar-refractivity contribution in [3.63, 3.8) is 0 Å². The number of ether oxygens (including phenoxy) is 1. The van der Waals surface area contributed by atoms with Gasteiger partial charge in [-0.2, -0.15) is 0 Å². The summed E-state index contributed by atoms with van der Waals surface area (Å²) in [6.07, 6.45) is 2.03. The predicted molar refractivity (Wildman–Crippen MR) is 73.6 cm³/mol. The highest BCUT2D eigenvalue weighted by atomic mass is 79.9. The van der Waals surface area contributed by atoms with E-state index < -0.39 is 4.92 Å². The average Bonchev–Trinajstić information content (AvgIpc) is 2.72. The van der Waals surface area contributed by atoms with Crippen LogP contribution in [0.5, 0.6) is 0 Å². The van der Waals surface area contributed by atoms with Gasteiger partial charge in [0.15, 0.2) is 0 Å². The summed E-state index contributed by atoms with van der Waals surface area (Å²) < 4.78 is 6.39. The molecule has 1 N–H and O–H groups in total. The van der Waals surface area contributed by atoms with E-state index in [4.69, 9.17) is 4.74 Å². The van der Waals surface area contributed by atoms with Crippen LogP contribution in [0.3, 0.4) is 0 Å². The molecule has 1 amide bonds. The second-order valence-electron chi connectivity index (χ2n) is 4.05. The molecule has 0 spiro atoms. The first-order valence-electron chi connectivity index (χ1n) is 5.67. The number of hydrogen-bond acceptors (Lipinski definition) is 4. The molecule has 1 atom stereocenters. The summed E-state index contributed by atoms with van der Waals surface area (Å²) in [5.74, 6) is -0.326. The van der Waals surface area contributed by atoms with Gasteiger partial charge in [0.1, 0.15) is 5.69 Å². The minimum atomic E-state index is -0.524. The lowest BCUT2D eigenvalue weighted by Crippen LogP contribution is -2.28. The Morgan fingerprint density at radius 1 is 1.68 bits per heavy atom. The average molecular weight is 334 g/mol. The minimum absolute atomic E-state index is 0.0922. The van der Waals surface area contributed by atoms with Crippen LogP contribution >= 0.6 is 15.9 Å². The molecule has 1 heterocycles. The third kappa shape index (κ3) is 4.64. The standard InChI is InChI=1S/C11H16BrN3O4/c1-14-6-9(15(17)18)5-10(14)11(16)13-4-3-8(12)7-19-2/h5-6,8H,3-4,7H2,1-2H3,(H,13,16). The van der Waals surface area contributed by atoms with E-state index in [1.165, 1.54) is 16.8 Å². The van der Waals surface area contributed by atoms with Crippen LogP contribution in [0.4, 0.5) is 5.69 Å². The lowest BCUT2D eigenvalue weighted by molar-refractivity contribution is -0.384. The maximum absolute atomic E-state index is 11.8.